The van der Waals surface area contributed by atoms with Gasteiger partial charge in [-0.3, -0.25) is 4.79 Å². The van der Waals surface area contributed by atoms with Crippen LogP contribution in [0.4, 0.5) is 0 Å². The minimum atomic E-state index is -0.223. The topological polar surface area (TPSA) is 70.7 Å². The summed E-state index contributed by atoms with van der Waals surface area (Å²) in [6, 6.07) is 9.16. The zero-order chi connectivity index (χ0) is 13.1. The number of benzene rings is 1. The van der Waals surface area contributed by atoms with Crippen molar-refractivity contribution in [3.8, 4) is 11.8 Å². The summed E-state index contributed by atoms with van der Waals surface area (Å²) in [5.74, 6) is -0.223. The van der Waals surface area contributed by atoms with Crippen LogP contribution in [0.1, 0.15) is 21.6 Å². The van der Waals surface area contributed by atoms with E-state index in [4.69, 9.17) is 5.26 Å². The summed E-state index contributed by atoms with van der Waals surface area (Å²) >= 11 is 0. The third kappa shape index (κ3) is 2.09. The Labute approximate surface area is 105 Å². The number of hydrogen-bond acceptors (Lipinski definition) is 3. The van der Waals surface area contributed by atoms with Crippen molar-refractivity contribution in [3.63, 3.8) is 0 Å². The van der Waals surface area contributed by atoms with Crippen molar-refractivity contribution in [1.29, 1.82) is 5.26 Å². The molecule has 2 aromatic rings. The second-order valence-electron chi connectivity index (χ2n) is 3.84. The molecule has 0 bridgehead atoms. The molecule has 1 heterocycles. The van der Waals surface area contributed by atoms with Crippen LogP contribution in [-0.4, -0.2) is 22.7 Å². The van der Waals surface area contributed by atoms with Gasteiger partial charge in [-0.2, -0.15) is 10.4 Å². The van der Waals surface area contributed by atoms with Crippen LogP contribution in [0.3, 0.4) is 0 Å². The molecule has 0 atom stereocenters. The molecule has 0 aliphatic carbocycles. The van der Waals surface area contributed by atoms with E-state index in [9.17, 15) is 4.79 Å². The lowest BCUT2D eigenvalue weighted by Crippen LogP contribution is -2.18. The maximum Gasteiger partial charge on any atom is 0.271 e. The molecule has 0 aliphatic heterocycles. The van der Waals surface area contributed by atoms with Crippen LogP contribution in [0.15, 0.2) is 30.5 Å². The highest BCUT2D eigenvalue weighted by atomic mass is 16.1. The predicted molar refractivity (Wildman–Crippen MR) is 66.4 cm³/mol. The van der Waals surface area contributed by atoms with Crippen LogP contribution in [0, 0.1) is 18.3 Å². The molecular weight excluding hydrogens is 228 g/mol. The standard InChI is InChI=1S/C13H12N4O/c1-9-7-11(4-3-10(9)8-14)17-6-5-12(16-17)13(18)15-2/h3-7H,1-2H3,(H,15,18). The van der Waals surface area contributed by atoms with Gasteiger partial charge in [0.1, 0.15) is 0 Å². The van der Waals surface area contributed by atoms with E-state index in [-0.39, 0.29) is 5.91 Å². The van der Waals surface area contributed by atoms with Gasteiger partial charge in [-0.05, 0) is 36.8 Å². The number of aromatic nitrogens is 2. The summed E-state index contributed by atoms with van der Waals surface area (Å²) in [5.41, 5.74) is 2.70. The molecule has 0 spiro atoms. The molecule has 0 radical (unpaired) electrons. The molecule has 1 aromatic carbocycles. The van der Waals surface area contributed by atoms with E-state index in [0.29, 0.717) is 11.3 Å². The van der Waals surface area contributed by atoms with Crippen LogP contribution in [0.25, 0.3) is 5.69 Å². The highest BCUT2D eigenvalue weighted by Gasteiger charge is 2.08. The van der Waals surface area contributed by atoms with Gasteiger partial charge in [-0.25, -0.2) is 4.68 Å². The van der Waals surface area contributed by atoms with E-state index in [1.807, 2.05) is 13.0 Å². The van der Waals surface area contributed by atoms with E-state index in [1.165, 1.54) is 0 Å². The average molecular weight is 240 g/mol. The van der Waals surface area contributed by atoms with Gasteiger partial charge in [0.2, 0.25) is 0 Å². The zero-order valence-electron chi connectivity index (χ0n) is 10.1. The number of aryl methyl sites for hydroxylation is 1. The number of carbonyl (C=O) groups is 1. The van der Waals surface area contributed by atoms with Gasteiger partial charge in [0.05, 0.1) is 17.3 Å². The van der Waals surface area contributed by atoms with Crippen LogP contribution in [0.2, 0.25) is 0 Å². The van der Waals surface area contributed by atoms with Gasteiger partial charge >= 0.3 is 0 Å². The van der Waals surface area contributed by atoms with Crippen molar-refractivity contribution < 1.29 is 4.79 Å². The van der Waals surface area contributed by atoms with Crippen molar-refractivity contribution in [2.45, 2.75) is 6.92 Å². The summed E-state index contributed by atoms with van der Waals surface area (Å²) in [5, 5.41) is 15.6. The third-order valence-electron chi connectivity index (χ3n) is 2.64. The summed E-state index contributed by atoms with van der Waals surface area (Å²) < 4.78 is 1.61. The normalized spacial score (nSPS) is 9.83. The summed E-state index contributed by atoms with van der Waals surface area (Å²) in [6.07, 6.45) is 1.71. The maximum atomic E-state index is 11.4. The molecule has 1 amide bonds. The fourth-order valence-electron chi connectivity index (χ4n) is 1.63. The third-order valence-corrected chi connectivity index (χ3v) is 2.64. The molecule has 0 fully saturated rings. The number of nitrogens with zero attached hydrogens (tertiary/aromatic N) is 3. The quantitative estimate of drug-likeness (QED) is 0.862. The molecule has 0 saturated carbocycles. The molecule has 18 heavy (non-hydrogen) atoms. The molecule has 1 N–H and O–H groups in total. The van der Waals surface area contributed by atoms with Crippen LogP contribution >= 0.6 is 0 Å². The minimum Gasteiger partial charge on any atom is -0.354 e. The number of nitriles is 1. The SMILES string of the molecule is CNC(=O)c1ccn(-c2ccc(C#N)c(C)c2)n1. The number of rotatable bonds is 2. The van der Waals surface area contributed by atoms with Crippen molar-refractivity contribution in [1.82, 2.24) is 15.1 Å². The Hall–Kier alpha value is -2.61. The van der Waals surface area contributed by atoms with Crippen LogP contribution < -0.4 is 5.32 Å². The molecule has 5 heteroatoms. The monoisotopic (exact) mass is 240 g/mol. The van der Waals surface area contributed by atoms with Gasteiger partial charge in [-0.15, -0.1) is 0 Å². The van der Waals surface area contributed by atoms with E-state index in [1.54, 1.807) is 36.1 Å². The first-order valence-electron chi connectivity index (χ1n) is 5.44. The molecule has 5 nitrogen and oxygen atoms in total. The van der Waals surface area contributed by atoms with E-state index < -0.39 is 0 Å². The molecular formula is C13H12N4O. The Balaban J connectivity index is 2.38. The lowest BCUT2D eigenvalue weighted by molar-refractivity contribution is 0.0957. The molecule has 1 aromatic heterocycles. The second-order valence-corrected chi connectivity index (χ2v) is 3.84. The van der Waals surface area contributed by atoms with Crippen molar-refractivity contribution in [2.75, 3.05) is 7.05 Å². The second kappa shape index (κ2) is 4.72. The number of nitrogens with one attached hydrogen (secondary N) is 1. The fraction of sp³-hybridized carbons (Fsp3) is 0.154. The van der Waals surface area contributed by atoms with Gasteiger partial charge in [0.25, 0.3) is 5.91 Å². The average Bonchev–Trinajstić information content (AvgIpc) is 2.87. The Kier molecular flexibility index (Phi) is 3.11. The van der Waals surface area contributed by atoms with Gasteiger partial charge in [-0.1, -0.05) is 0 Å². The Morgan fingerprint density at radius 3 is 2.83 bits per heavy atom. The number of hydrogen-bond donors (Lipinski definition) is 1. The minimum absolute atomic E-state index is 0.223. The zero-order valence-corrected chi connectivity index (χ0v) is 10.1. The summed E-state index contributed by atoms with van der Waals surface area (Å²) in [4.78, 5) is 11.4. The van der Waals surface area contributed by atoms with E-state index in [0.717, 1.165) is 11.3 Å². The smallest absolute Gasteiger partial charge is 0.271 e. The van der Waals surface area contributed by atoms with Crippen molar-refractivity contribution in [2.24, 2.45) is 0 Å². The first kappa shape index (κ1) is 11.9. The lowest BCUT2D eigenvalue weighted by Gasteiger charge is -2.03. The first-order valence-corrected chi connectivity index (χ1v) is 5.44. The highest BCUT2D eigenvalue weighted by Crippen LogP contribution is 2.13. The molecule has 0 aliphatic rings. The van der Waals surface area contributed by atoms with Gasteiger partial charge < -0.3 is 5.32 Å². The first-order chi connectivity index (χ1) is 8.65. The molecule has 90 valence electrons. The number of amides is 1. The van der Waals surface area contributed by atoms with Crippen molar-refractivity contribution >= 4 is 5.91 Å². The van der Waals surface area contributed by atoms with E-state index >= 15 is 0 Å². The predicted octanol–water partition coefficient (Wildman–Crippen LogP) is 1.41. The fourth-order valence-corrected chi connectivity index (χ4v) is 1.63. The summed E-state index contributed by atoms with van der Waals surface area (Å²) in [7, 11) is 1.56. The van der Waals surface area contributed by atoms with Crippen LogP contribution in [-0.2, 0) is 0 Å². The largest absolute Gasteiger partial charge is 0.354 e. The van der Waals surface area contributed by atoms with Gasteiger partial charge in [0.15, 0.2) is 5.69 Å². The lowest BCUT2D eigenvalue weighted by atomic mass is 10.1. The molecule has 2 rings (SSSR count). The Bertz CT molecular complexity index is 637. The maximum absolute atomic E-state index is 11.4. The van der Waals surface area contributed by atoms with Gasteiger partial charge in [0, 0.05) is 13.2 Å². The van der Waals surface area contributed by atoms with E-state index in [2.05, 4.69) is 16.5 Å². The Morgan fingerprint density at radius 1 is 1.44 bits per heavy atom. The Morgan fingerprint density at radius 2 is 2.22 bits per heavy atom. The van der Waals surface area contributed by atoms with Crippen molar-refractivity contribution in [3.05, 3.63) is 47.3 Å². The molecule has 0 unspecified atom stereocenters. The highest BCUT2D eigenvalue weighted by molar-refractivity contribution is 5.91. The summed E-state index contributed by atoms with van der Waals surface area (Å²) in [6.45, 7) is 1.87. The molecule has 0 saturated heterocycles. The van der Waals surface area contributed by atoms with Crippen LogP contribution in [0.5, 0.6) is 0 Å². The number of carbonyl (C=O) groups excluding carboxylic acids is 1.